The lowest BCUT2D eigenvalue weighted by molar-refractivity contribution is 0.590. The van der Waals surface area contributed by atoms with Gasteiger partial charge in [0.2, 0.25) is 16.0 Å². The fourth-order valence-corrected chi connectivity index (χ4v) is 4.82. The first kappa shape index (κ1) is 21.5. The first-order chi connectivity index (χ1) is 14.2. The van der Waals surface area contributed by atoms with Crippen LogP contribution in [0.25, 0.3) is 10.2 Å². The first-order valence-electron chi connectivity index (χ1n) is 9.52. The molecule has 3 aromatic rings. The van der Waals surface area contributed by atoms with E-state index in [2.05, 4.69) is 30.6 Å². The molecule has 8 nitrogen and oxygen atoms in total. The molecule has 1 unspecified atom stereocenters. The van der Waals surface area contributed by atoms with Gasteiger partial charge in [-0.1, -0.05) is 28.7 Å². The second kappa shape index (κ2) is 8.44. The number of hydrogen-bond donors (Lipinski definition) is 4. The molecule has 2 aromatic heterocycles. The van der Waals surface area contributed by atoms with Gasteiger partial charge < -0.3 is 16.0 Å². The van der Waals surface area contributed by atoms with Crippen LogP contribution in [0, 0.1) is 0 Å². The number of sulfonamides is 1. The molecule has 4 N–H and O–H groups in total. The Hall–Kier alpha value is -1.70. The molecular weight excluding hydrogens is 535 g/mol. The van der Waals surface area contributed by atoms with Gasteiger partial charge in [-0.15, -0.1) is 11.3 Å². The van der Waals surface area contributed by atoms with Crippen molar-refractivity contribution in [3.05, 3.63) is 35.7 Å². The van der Waals surface area contributed by atoms with Crippen molar-refractivity contribution in [2.75, 3.05) is 28.4 Å². The summed E-state index contributed by atoms with van der Waals surface area (Å²) in [5.74, 6) is 1.27. The lowest BCUT2D eigenvalue weighted by Gasteiger charge is -2.19. The summed E-state index contributed by atoms with van der Waals surface area (Å²) in [5, 5.41) is 13.0. The summed E-state index contributed by atoms with van der Waals surface area (Å²) in [6.07, 6.45) is 1.03. The Morgan fingerprint density at radius 1 is 1.23 bits per heavy atom. The van der Waals surface area contributed by atoms with E-state index in [0.29, 0.717) is 23.5 Å². The summed E-state index contributed by atoms with van der Waals surface area (Å²) >= 11 is 3.47. The van der Waals surface area contributed by atoms with E-state index in [4.69, 9.17) is 0 Å². The van der Waals surface area contributed by atoms with Gasteiger partial charge in [-0.2, -0.15) is 4.98 Å². The lowest BCUT2D eigenvalue weighted by Crippen LogP contribution is -2.30. The van der Waals surface area contributed by atoms with Gasteiger partial charge in [-0.25, -0.2) is 13.4 Å². The second-order valence-corrected chi connectivity index (χ2v) is 14.1. The van der Waals surface area contributed by atoms with Gasteiger partial charge in [-0.3, -0.25) is 4.72 Å². The van der Waals surface area contributed by atoms with Crippen LogP contribution in [0.3, 0.4) is 0 Å². The number of anilines is 4. The van der Waals surface area contributed by atoms with Crippen molar-refractivity contribution in [3.8, 4) is 0 Å². The summed E-state index contributed by atoms with van der Waals surface area (Å²) in [7, 11) is -3.52. The van der Waals surface area contributed by atoms with E-state index in [-0.39, 0.29) is 0 Å². The number of thiophene rings is 1. The summed E-state index contributed by atoms with van der Waals surface area (Å²) in [5.41, 5.74) is 1.23. The third kappa shape index (κ3) is 4.79. The second-order valence-electron chi connectivity index (χ2n) is 7.54. The van der Waals surface area contributed by atoms with Gasteiger partial charge in [0.15, 0.2) is 0 Å². The normalized spacial score (nSPS) is 17.2. The molecule has 30 heavy (non-hydrogen) atoms. The van der Waals surface area contributed by atoms with Crippen molar-refractivity contribution >= 4 is 77.3 Å². The maximum atomic E-state index is 12.5. The van der Waals surface area contributed by atoms with Gasteiger partial charge in [0.1, 0.15) is 13.4 Å². The van der Waals surface area contributed by atoms with E-state index in [1.165, 1.54) is 0 Å². The Kier molecular flexibility index (Phi) is 6.06. The smallest absolute Gasteiger partial charge is 0.247 e. The Labute approximate surface area is 193 Å². The third-order valence-electron chi connectivity index (χ3n) is 4.74. The maximum Gasteiger partial charge on any atom is 0.247 e. The monoisotopic (exact) mass is 558 g/mol. The molecule has 1 fully saturated rings. The van der Waals surface area contributed by atoms with Crippen molar-refractivity contribution in [3.63, 3.8) is 0 Å². The fourth-order valence-electron chi connectivity index (χ4n) is 3.05. The molecule has 0 amide bonds. The predicted octanol–water partition coefficient (Wildman–Crippen LogP) is 4.12. The highest BCUT2D eigenvalue weighted by molar-refractivity contribution is 14.1. The Morgan fingerprint density at radius 2 is 2.03 bits per heavy atom. The average molecular weight is 558 g/mol. The lowest BCUT2D eigenvalue weighted by atomic mass is 10.2. The zero-order valence-corrected chi connectivity index (χ0v) is 20.4. The Bertz CT molecular complexity index is 1150. The van der Waals surface area contributed by atoms with Crippen LogP contribution < -0.4 is 20.7 Å². The zero-order chi connectivity index (χ0) is 21.4. The summed E-state index contributed by atoms with van der Waals surface area (Å²) in [6, 6.07) is 9.45. The molecule has 1 aromatic carbocycles. The number of benzene rings is 1. The van der Waals surface area contributed by atoms with Gasteiger partial charge in [0.25, 0.3) is 0 Å². The molecule has 0 aliphatic carbocycles. The molecule has 0 bridgehead atoms. The van der Waals surface area contributed by atoms with E-state index >= 15 is 0 Å². The molecule has 1 aliphatic rings. The predicted molar refractivity (Wildman–Crippen MR) is 133 cm³/mol. The topological polar surface area (TPSA) is 108 Å². The van der Waals surface area contributed by atoms with Crippen LogP contribution in [-0.2, 0) is 10.0 Å². The van der Waals surface area contributed by atoms with Gasteiger partial charge in [0, 0.05) is 18.3 Å². The molecule has 1 atom stereocenters. The molecule has 1 aliphatic heterocycles. The SMILES string of the molecule is CC(C)(I)S(=O)(=O)Nc1cccc(Nc2nc(NC3CCNC3)nc3sccc23)c1. The Morgan fingerprint density at radius 3 is 2.77 bits per heavy atom. The van der Waals surface area contributed by atoms with Crippen molar-refractivity contribution < 1.29 is 8.42 Å². The van der Waals surface area contributed by atoms with E-state index in [1.807, 2.05) is 40.1 Å². The zero-order valence-electron chi connectivity index (χ0n) is 16.6. The quantitative estimate of drug-likeness (QED) is 0.255. The summed E-state index contributed by atoms with van der Waals surface area (Å²) in [6.45, 7) is 5.19. The molecule has 0 saturated carbocycles. The van der Waals surface area contributed by atoms with Crippen molar-refractivity contribution in [1.82, 2.24) is 15.3 Å². The van der Waals surface area contributed by atoms with E-state index in [0.717, 1.165) is 35.4 Å². The molecule has 11 heteroatoms. The molecule has 1 saturated heterocycles. The number of fused-ring (bicyclic) bond motifs is 1. The third-order valence-corrected chi connectivity index (χ3v) is 9.06. The standard InChI is InChI=1S/C19H23IN6O2S2/c1-19(2,20)30(27,28)26-13-5-3-4-12(10-13)22-16-15-7-9-29-17(15)25-18(24-16)23-14-6-8-21-11-14/h3-5,7,9-10,14,21,26H,6,8,11H2,1-2H3,(H2,22,23,24,25). The highest BCUT2D eigenvalue weighted by Gasteiger charge is 2.31. The van der Waals surface area contributed by atoms with Crippen LogP contribution in [0.4, 0.5) is 23.1 Å². The molecule has 4 rings (SSSR count). The molecule has 3 heterocycles. The van der Waals surface area contributed by atoms with Crippen LogP contribution in [0.5, 0.6) is 0 Å². The number of nitrogens with zero attached hydrogens (tertiary/aromatic N) is 2. The van der Waals surface area contributed by atoms with E-state index in [1.54, 1.807) is 43.4 Å². The average Bonchev–Trinajstić information content (AvgIpc) is 3.32. The van der Waals surface area contributed by atoms with Crippen LogP contribution in [0.1, 0.15) is 20.3 Å². The number of aromatic nitrogens is 2. The highest BCUT2D eigenvalue weighted by atomic mass is 127. The number of halogens is 1. The fraction of sp³-hybridized carbons (Fsp3) is 0.368. The summed E-state index contributed by atoms with van der Waals surface area (Å²) < 4.78 is 26.7. The van der Waals surface area contributed by atoms with Gasteiger partial charge in [-0.05, 0) is 56.5 Å². The minimum Gasteiger partial charge on any atom is -0.350 e. The van der Waals surface area contributed by atoms with Gasteiger partial charge >= 0.3 is 0 Å². The molecule has 0 radical (unpaired) electrons. The van der Waals surface area contributed by atoms with Crippen LogP contribution in [0.2, 0.25) is 0 Å². The number of rotatable bonds is 7. The molecular formula is C19H23IN6O2S2. The Balaban J connectivity index is 1.60. The minimum absolute atomic E-state index is 0.310. The van der Waals surface area contributed by atoms with Crippen molar-refractivity contribution in [2.24, 2.45) is 0 Å². The number of nitrogens with one attached hydrogen (secondary N) is 4. The van der Waals surface area contributed by atoms with E-state index in [9.17, 15) is 8.42 Å². The van der Waals surface area contributed by atoms with Crippen molar-refractivity contribution in [1.29, 1.82) is 0 Å². The number of alkyl halides is 1. The molecule has 160 valence electrons. The number of hydrogen-bond acceptors (Lipinski definition) is 8. The van der Waals surface area contributed by atoms with Crippen LogP contribution >= 0.6 is 33.9 Å². The van der Waals surface area contributed by atoms with Crippen molar-refractivity contribution in [2.45, 2.75) is 29.1 Å². The highest BCUT2D eigenvalue weighted by Crippen LogP contribution is 2.31. The summed E-state index contributed by atoms with van der Waals surface area (Å²) in [4.78, 5) is 10.2. The first-order valence-corrected chi connectivity index (χ1v) is 13.0. The van der Waals surface area contributed by atoms with Crippen LogP contribution in [-0.4, -0.2) is 40.3 Å². The maximum absolute atomic E-state index is 12.5. The van der Waals surface area contributed by atoms with E-state index < -0.39 is 12.8 Å². The van der Waals surface area contributed by atoms with Crippen LogP contribution in [0.15, 0.2) is 35.7 Å². The largest absolute Gasteiger partial charge is 0.350 e. The molecule has 0 spiro atoms. The van der Waals surface area contributed by atoms with Gasteiger partial charge in [0.05, 0.1) is 11.1 Å². The minimum atomic E-state index is -3.52.